The van der Waals surface area contributed by atoms with Crippen molar-refractivity contribution in [3.63, 3.8) is 0 Å². The molecule has 3 nitrogen and oxygen atoms in total. The molecule has 3 N–H and O–H groups in total. The molecule has 1 heterocycles. The van der Waals surface area contributed by atoms with Gasteiger partial charge in [-0.3, -0.25) is 0 Å². The van der Waals surface area contributed by atoms with Crippen LogP contribution in [0.1, 0.15) is 23.6 Å². The summed E-state index contributed by atoms with van der Waals surface area (Å²) in [6.07, 6.45) is 1.64. The maximum atomic E-state index is 12.9. The second-order valence-electron chi connectivity index (χ2n) is 4.52. The maximum absolute atomic E-state index is 12.9. The van der Waals surface area contributed by atoms with Crippen LogP contribution in [-0.2, 0) is 5.60 Å². The van der Waals surface area contributed by atoms with Crippen LogP contribution in [0.15, 0.2) is 36.5 Å². The molecule has 94 valence electrons. The molecule has 0 bridgehead atoms. The van der Waals surface area contributed by atoms with Gasteiger partial charge in [0.2, 0.25) is 0 Å². The molecule has 0 aliphatic heterocycles. The summed E-state index contributed by atoms with van der Waals surface area (Å²) in [5.41, 5.74) is 6.50. The van der Waals surface area contributed by atoms with Crippen LogP contribution in [-0.4, -0.2) is 10.1 Å². The number of aromatic nitrogens is 1. The molecule has 4 heteroatoms. The van der Waals surface area contributed by atoms with Gasteiger partial charge in [0.05, 0.1) is 0 Å². The largest absolute Gasteiger partial charge is 0.383 e. The number of pyridine rings is 1. The van der Waals surface area contributed by atoms with Gasteiger partial charge in [0, 0.05) is 11.8 Å². The van der Waals surface area contributed by atoms with Crippen molar-refractivity contribution >= 4 is 5.82 Å². The van der Waals surface area contributed by atoms with E-state index in [0.29, 0.717) is 11.1 Å². The molecule has 0 radical (unpaired) electrons. The number of benzene rings is 1. The Balaban J connectivity index is 2.53. The number of hydrogen-bond donors (Lipinski definition) is 2. The van der Waals surface area contributed by atoms with E-state index in [4.69, 9.17) is 5.73 Å². The second kappa shape index (κ2) is 4.38. The third-order valence-corrected chi connectivity index (χ3v) is 2.99. The van der Waals surface area contributed by atoms with Gasteiger partial charge in [-0.2, -0.15) is 0 Å². The number of halogens is 1. The van der Waals surface area contributed by atoms with Crippen LogP contribution in [0.4, 0.5) is 10.2 Å². The number of hydrogen-bond acceptors (Lipinski definition) is 3. The van der Waals surface area contributed by atoms with E-state index in [1.807, 2.05) is 6.92 Å². The molecule has 2 rings (SSSR count). The van der Waals surface area contributed by atoms with Crippen molar-refractivity contribution in [2.24, 2.45) is 0 Å². The third kappa shape index (κ3) is 2.19. The predicted molar refractivity (Wildman–Crippen MR) is 68.5 cm³/mol. The van der Waals surface area contributed by atoms with Crippen LogP contribution in [0.3, 0.4) is 0 Å². The fourth-order valence-electron chi connectivity index (χ4n) is 1.90. The molecular weight excluding hydrogens is 231 g/mol. The lowest BCUT2D eigenvalue weighted by Crippen LogP contribution is -2.25. The van der Waals surface area contributed by atoms with Gasteiger partial charge in [-0.1, -0.05) is 12.1 Å². The highest BCUT2D eigenvalue weighted by atomic mass is 19.1. The monoisotopic (exact) mass is 246 g/mol. The summed E-state index contributed by atoms with van der Waals surface area (Å²) in [4.78, 5) is 4.03. The Labute approximate surface area is 105 Å². The van der Waals surface area contributed by atoms with Gasteiger partial charge in [-0.25, -0.2) is 9.37 Å². The summed E-state index contributed by atoms with van der Waals surface area (Å²) in [5, 5.41) is 10.6. The first-order chi connectivity index (χ1) is 8.41. The molecule has 0 aliphatic rings. The zero-order valence-electron chi connectivity index (χ0n) is 10.3. The minimum atomic E-state index is -1.29. The van der Waals surface area contributed by atoms with Crippen molar-refractivity contribution in [2.75, 3.05) is 5.73 Å². The van der Waals surface area contributed by atoms with Gasteiger partial charge in [0.25, 0.3) is 0 Å². The van der Waals surface area contributed by atoms with E-state index in [-0.39, 0.29) is 11.6 Å². The number of rotatable bonds is 2. The SMILES string of the molecule is Cc1cnc(N)c(C(C)(O)c2ccc(F)cc2)c1. The summed E-state index contributed by atoms with van der Waals surface area (Å²) in [6, 6.07) is 7.48. The van der Waals surface area contributed by atoms with Crippen molar-refractivity contribution in [3.8, 4) is 0 Å². The summed E-state index contributed by atoms with van der Waals surface area (Å²) in [5.74, 6) is -0.0696. The quantitative estimate of drug-likeness (QED) is 0.855. The first-order valence-electron chi connectivity index (χ1n) is 5.62. The standard InChI is InChI=1S/C14H15FN2O/c1-9-7-12(13(16)17-8-9)14(2,18)10-3-5-11(15)6-4-10/h3-8,18H,1-2H3,(H2,16,17). The van der Waals surface area contributed by atoms with Gasteiger partial charge in [0.15, 0.2) is 0 Å². The number of anilines is 1. The molecule has 2 aromatic rings. The molecule has 0 aliphatic carbocycles. The van der Waals surface area contributed by atoms with Crippen LogP contribution < -0.4 is 5.73 Å². The molecule has 1 atom stereocenters. The molecular formula is C14H15FN2O. The van der Waals surface area contributed by atoms with E-state index >= 15 is 0 Å². The highest BCUT2D eigenvalue weighted by Crippen LogP contribution is 2.32. The Hall–Kier alpha value is -1.94. The molecule has 0 spiro atoms. The van der Waals surface area contributed by atoms with E-state index in [2.05, 4.69) is 4.98 Å². The molecule has 0 amide bonds. The lowest BCUT2D eigenvalue weighted by molar-refractivity contribution is 0.103. The van der Waals surface area contributed by atoms with Crippen LogP contribution in [0.25, 0.3) is 0 Å². The minimum Gasteiger partial charge on any atom is -0.383 e. The number of nitrogens with zero attached hydrogens (tertiary/aromatic N) is 1. The number of aryl methyl sites for hydroxylation is 1. The Morgan fingerprint density at radius 1 is 1.28 bits per heavy atom. The van der Waals surface area contributed by atoms with E-state index < -0.39 is 5.60 Å². The summed E-state index contributed by atoms with van der Waals surface area (Å²) in [7, 11) is 0. The summed E-state index contributed by atoms with van der Waals surface area (Å²) in [6.45, 7) is 3.49. The fraction of sp³-hybridized carbons (Fsp3) is 0.214. The zero-order valence-corrected chi connectivity index (χ0v) is 10.3. The predicted octanol–water partition coefficient (Wildman–Crippen LogP) is 2.37. The van der Waals surface area contributed by atoms with Gasteiger partial charge in [-0.05, 0) is 43.2 Å². The molecule has 1 aromatic carbocycles. The van der Waals surface area contributed by atoms with Crippen molar-refractivity contribution in [1.29, 1.82) is 0 Å². The van der Waals surface area contributed by atoms with Gasteiger partial charge < -0.3 is 10.8 Å². The molecule has 0 saturated carbocycles. The Bertz CT molecular complexity index is 565. The van der Waals surface area contributed by atoms with E-state index in [0.717, 1.165) is 5.56 Å². The fourth-order valence-corrected chi connectivity index (χ4v) is 1.90. The molecule has 1 unspecified atom stereocenters. The Morgan fingerprint density at radius 3 is 2.50 bits per heavy atom. The van der Waals surface area contributed by atoms with Gasteiger partial charge in [0.1, 0.15) is 17.2 Å². The molecule has 0 saturated heterocycles. The van der Waals surface area contributed by atoms with Crippen LogP contribution >= 0.6 is 0 Å². The van der Waals surface area contributed by atoms with Crippen LogP contribution in [0.5, 0.6) is 0 Å². The number of nitrogens with two attached hydrogens (primary N) is 1. The first kappa shape index (κ1) is 12.5. The Kier molecular flexibility index (Phi) is 3.05. The molecule has 18 heavy (non-hydrogen) atoms. The van der Waals surface area contributed by atoms with E-state index in [1.165, 1.54) is 24.3 Å². The average molecular weight is 246 g/mol. The highest BCUT2D eigenvalue weighted by molar-refractivity contribution is 5.49. The lowest BCUT2D eigenvalue weighted by atomic mass is 9.88. The summed E-state index contributed by atoms with van der Waals surface area (Å²) >= 11 is 0. The van der Waals surface area contributed by atoms with Crippen molar-refractivity contribution < 1.29 is 9.50 Å². The second-order valence-corrected chi connectivity index (χ2v) is 4.52. The van der Waals surface area contributed by atoms with Crippen LogP contribution in [0.2, 0.25) is 0 Å². The first-order valence-corrected chi connectivity index (χ1v) is 5.62. The lowest BCUT2D eigenvalue weighted by Gasteiger charge is -2.25. The highest BCUT2D eigenvalue weighted by Gasteiger charge is 2.28. The molecule has 1 aromatic heterocycles. The van der Waals surface area contributed by atoms with Crippen molar-refractivity contribution in [1.82, 2.24) is 4.98 Å². The Morgan fingerprint density at radius 2 is 1.89 bits per heavy atom. The maximum Gasteiger partial charge on any atom is 0.129 e. The number of nitrogen functional groups attached to an aromatic ring is 1. The van der Waals surface area contributed by atoms with E-state index in [1.54, 1.807) is 19.2 Å². The minimum absolute atomic E-state index is 0.273. The zero-order chi connectivity index (χ0) is 13.3. The topological polar surface area (TPSA) is 59.1 Å². The van der Waals surface area contributed by atoms with E-state index in [9.17, 15) is 9.50 Å². The van der Waals surface area contributed by atoms with Crippen LogP contribution in [0, 0.1) is 12.7 Å². The van der Waals surface area contributed by atoms with Crippen molar-refractivity contribution in [2.45, 2.75) is 19.4 Å². The average Bonchev–Trinajstić information content (AvgIpc) is 2.32. The van der Waals surface area contributed by atoms with Gasteiger partial charge in [-0.15, -0.1) is 0 Å². The summed E-state index contributed by atoms with van der Waals surface area (Å²) < 4.78 is 12.9. The van der Waals surface area contributed by atoms with Crippen molar-refractivity contribution in [3.05, 3.63) is 59.0 Å². The molecule has 0 fully saturated rings. The smallest absolute Gasteiger partial charge is 0.129 e. The number of aliphatic hydroxyl groups is 1. The normalized spacial score (nSPS) is 14.2. The third-order valence-electron chi connectivity index (χ3n) is 2.99. The van der Waals surface area contributed by atoms with Gasteiger partial charge >= 0.3 is 0 Å².